The summed E-state index contributed by atoms with van der Waals surface area (Å²) in [5, 5.41) is 22.5. The lowest BCUT2D eigenvalue weighted by Gasteiger charge is -2.25. The summed E-state index contributed by atoms with van der Waals surface area (Å²) in [7, 11) is 0. The van der Waals surface area contributed by atoms with Gasteiger partial charge >= 0.3 is 5.97 Å². The third-order valence-electron chi connectivity index (χ3n) is 7.41. The molecule has 0 saturated carbocycles. The van der Waals surface area contributed by atoms with Crippen molar-refractivity contribution >= 4 is 33.5 Å². The van der Waals surface area contributed by atoms with Crippen molar-refractivity contribution in [1.29, 1.82) is 0 Å². The van der Waals surface area contributed by atoms with Gasteiger partial charge in [-0.25, -0.2) is 0 Å². The zero-order valence-corrected chi connectivity index (χ0v) is 26.6. The van der Waals surface area contributed by atoms with Gasteiger partial charge in [0.2, 0.25) is 0 Å². The minimum absolute atomic E-state index is 0.0755. The fourth-order valence-electron chi connectivity index (χ4n) is 4.66. The smallest absolute Gasteiger partial charge is 0.326 e. The van der Waals surface area contributed by atoms with E-state index in [4.69, 9.17) is 30.5 Å². The number of aliphatic carboxylic acids is 1. The first kappa shape index (κ1) is 31.6. The van der Waals surface area contributed by atoms with Gasteiger partial charge in [-0.05, 0) is 76.3 Å². The Morgan fingerprint density at radius 1 is 1.02 bits per heavy atom. The van der Waals surface area contributed by atoms with Crippen LogP contribution in [0.15, 0.2) is 71.5 Å². The van der Waals surface area contributed by atoms with Crippen molar-refractivity contribution in [1.82, 2.24) is 10.3 Å². The number of carbonyl (C=O) groups is 1. The third-order valence-corrected chi connectivity index (χ3v) is 8.14. The second-order valence-electron chi connectivity index (χ2n) is 10.6. The van der Waals surface area contributed by atoms with E-state index in [1.807, 2.05) is 43.3 Å². The molecular formula is C33H32BrClN2O7. The molecule has 1 atom stereocenters. The predicted molar refractivity (Wildman–Crippen MR) is 170 cm³/mol. The van der Waals surface area contributed by atoms with Gasteiger partial charge in [-0.1, -0.05) is 35.9 Å². The van der Waals surface area contributed by atoms with Gasteiger partial charge in [0.15, 0.2) is 11.5 Å². The van der Waals surface area contributed by atoms with E-state index in [1.165, 1.54) is 6.92 Å². The Balaban J connectivity index is 1.38. The maximum absolute atomic E-state index is 11.7. The van der Waals surface area contributed by atoms with Crippen LogP contribution in [0.5, 0.6) is 23.0 Å². The molecule has 3 N–H and O–H groups in total. The van der Waals surface area contributed by atoms with Crippen LogP contribution in [0.2, 0.25) is 5.02 Å². The summed E-state index contributed by atoms with van der Waals surface area (Å²) in [6.07, 6.45) is 3.38. The highest BCUT2D eigenvalue weighted by molar-refractivity contribution is 9.10. The molecule has 0 aliphatic carbocycles. The molecule has 0 amide bonds. The minimum atomic E-state index is -1.55. The van der Waals surface area contributed by atoms with Crippen molar-refractivity contribution in [3.8, 4) is 34.1 Å². The first-order chi connectivity index (χ1) is 21.2. The maximum atomic E-state index is 11.7. The molecule has 1 aliphatic heterocycles. The highest BCUT2D eigenvalue weighted by Crippen LogP contribution is 2.37. The van der Waals surface area contributed by atoms with E-state index in [0.29, 0.717) is 35.3 Å². The van der Waals surface area contributed by atoms with Crippen molar-refractivity contribution in [3.63, 3.8) is 0 Å². The molecule has 4 aromatic rings. The second kappa shape index (κ2) is 13.9. The van der Waals surface area contributed by atoms with Crippen LogP contribution in [0, 0.1) is 6.92 Å². The Hall–Kier alpha value is -3.83. The zero-order chi connectivity index (χ0) is 31.3. The van der Waals surface area contributed by atoms with E-state index < -0.39 is 18.1 Å². The average molecular weight is 684 g/mol. The van der Waals surface area contributed by atoms with Gasteiger partial charge in [0.05, 0.1) is 11.6 Å². The number of aliphatic hydroxyl groups excluding tert-OH is 1. The number of nitrogens with one attached hydrogen (secondary N) is 1. The Morgan fingerprint density at radius 3 is 2.55 bits per heavy atom. The quantitative estimate of drug-likeness (QED) is 0.158. The van der Waals surface area contributed by atoms with E-state index >= 15 is 0 Å². The number of aromatic nitrogens is 1. The number of hydrogen-bond acceptors (Lipinski definition) is 8. The summed E-state index contributed by atoms with van der Waals surface area (Å²) >= 11 is 10.1. The van der Waals surface area contributed by atoms with Gasteiger partial charge in [-0.2, -0.15) is 0 Å². The molecule has 0 fully saturated rings. The first-order valence-corrected chi connectivity index (χ1v) is 15.1. The summed E-state index contributed by atoms with van der Waals surface area (Å²) in [5.74, 6) is 1.14. The van der Waals surface area contributed by atoms with Crippen LogP contribution in [0.25, 0.3) is 11.1 Å². The molecule has 0 radical (unpaired) electrons. The molecule has 0 bridgehead atoms. The van der Waals surface area contributed by atoms with E-state index in [0.717, 1.165) is 43.8 Å². The molecule has 3 aromatic carbocycles. The topological polar surface area (TPSA) is 119 Å². The number of hydrogen-bond donors (Lipinski definition) is 3. The number of pyridine rings is 1. The highest BCUT2D eigenvalue weighted by atomic mass is 79.9. The molecule has 44 heavy (non-hydrogen) atoms. The van der Waals surface area contributed by atoms with E-state index in [-0.39, 0.29) is 19.8 Å². The van der Waals surface area contributed by atoms with Gasteiger partial charge in [-0.15, -0.1) is 0 Å². The van der Waals surface area contributed by atoms with E-state index in [2.05, 4.69) is 32.3 Å². The van der Waals surface area contributed by atoms with Crippen molar-refractivity contribution in [2.45, 2.75) is 39.1 Å². The lowest BCUT2D eigenvalue weighted by Crippen LogP contribution is -2.52. The Kier molecular flexibility index (Phi) is 9.95. The molecule has 1 unspecified atom stereocenters. The second-order valence-corrected chi connectivity index (χ2v) is 11.9. The summed E-state index contributed by atoms with van der Waals surface area (Å²) in [4.78, 5) is 15.9. The Bertz CT molecular complexity index is 1670. The number of fused-ring (bicyclic) bond motifs is 1. The number of rotatable bonds is 12. The maximum Gasteiger partial charge on any atom is 0.326 e. The minimum Gasteiger partial charge on any atom is -0.488 e. The molecule has 2 heterocycles. The zero-order valence-electron chi connectivity index (χ0n) is 24.2. The molecular weight excluding hydrogens is 652 g/mol. The molecule has 5 rings (SSSR count). The number of nitrogens with zero attached hydrogens (tertiary/aromatic N) is 1. The van der Waals surface area contributed by atoms with Crippen LogP contribution in [-0.4, -0.2) is 46.5 Å². The monoisotopic (exact) mass is 682 g/mol. The van der Waals surface area contributed by atoms with Crippen molar-refractivity contribution < 1.29 is 34.0 Å². The van der Waals surface area contributed by atoms with Crippen LogP contribution in [0.3, 0.4) is 0 Å². The molecule has 0 saturated heterocycles. The molecule has 1 aromatic heterocycles. The summed E-state index contributed by atoms with van der Waals surface area (Å²) < 4.78 is 24.6. The predicted octanol–water partition coefficient (Wildman–Crippen LogP) is 6.33. The standard InChI is InChI=1S/C33H32BrClN2O7/c1-20-23(4-3-5-26(20)22-6-7-28-31(12-22)42-9-8-41-28)18-44-30-13-29(43-17-21-10-25(34)16-36-14-21)24(11-27(30)35)15-37-33(2,19-38)32(39)40/h3-7,10-14,16,37-38H,8-9,15,17-19H2,1-2H3,(H,39,40). The number of halogens is 2. The molecule has 230 valence electrons. The van der Waals surface area contributed by atoms with Crippen molar-refractivity contribution in [3.05, 3.63) is 98.7 Å². The number of ether oxygens (including phenoxy) is 4. The fraction of sp³-hybridized carbons (Fsp3) is 0.273. The Morgan fingerprint density at radius 2 is 1.80 bits per heavy atom. The van der Waals surface area contributed by atoms with Crippen LogP contribution >= 0.6 is 27.5 Å². The van der Waals surface area contributed by atoms with Crippen LogP contribution < -0.4 is 24.3 Å². The highest BCUT2D eigenvalue weighted by Gasteiger charge is 2.32. The summed E-state index contributed by atoms with van der Waals surface area (Å²) in [6.45, 7) is 4.44. The lowest BCUT2D eigenvalue weighted by molar-refractivity contribution is -0.145. The summed E-state index contributed by atoms with van der Waals surface area (Å²) in [5.41, 5.74) is 3.97. The Labute approximate surface area is 268 Å². The van der Waals surface area contributed by atoms with Gasteiger partial charge in [0, 0.05) is 40.6 Å². The van der Waals surface area contributed by atoms with Crippen LogP contribution in [-0.2, 0) is 24.6 Å². The average Bonchev–Trinajstić information content (AvgIpc) is 3.02. The lowest BCUT2D eigenvalue weighted by atomic mass is 9.96. The molecule has 1 aliphatic rings. The molecule has 0 spiro atoms. The van der Waals surface area contributed by atoms with Gasteiger partial charge in [0.25, 0.3) is 0 Å². The van der Waals surface area contributed by atoms with Crippen molar-refractivity contribution in [2.24, 2.45) is 0 Å². The fourth-order valence-corrected chi connectivity index (χ4v) is 5.32. The largest absolute Gasteiger partial charge is 0.488 e. The van der Waals surface area contributed by atoms with Gasteiger partial charge in [0.1, 0.15) is 43.5 Å². The normalized spacial score (nSPS) is 13.7. The number of aliphatic hydroxyl groups is 1. The van der Waals surface area contributed by atoms with Crippen molar-refractivity contribution in [2.75, 3.05) is 19.8 Å². The number of benzene rings is 3. The summed E-state index contributed by atoms with van der Waals surface area (Å²) in [6, 6.07) is 17.2. The van der Waals surface area contributed by atoms with Gasteiger partial charge in [-0.3, -0.25) is 15.1 Å². The van der Waals surface area contributed by atoms with E-state index in [9.17, 15) is 15.0 Å². The molecule has 9 nitrogen and oxygen atoms in total. The first-order valence-electron chi connectivity index (χ1n) is 13.9. The van der Waals surface area contributed by atoms with Gasteiger partial charge < -0.3 is 29.2 Å². The SMILES string of the molecule is Cc1c(COc2cc(OCc3cncc(Br)c3)c(CNC(C)(CO)C(=O)O)cc2Cl)cccc1-c1ccc2c(c1)OCCO2. The van der Waals surface area contributed by atoms with Crippen LogP contribution in [0.1, 0.15) is 29.2 Å². The van der Waals surface area contributed by atoms with E-state index in [1.54, 1.807) is 24.5 Å². The number of carboxylic acids is 1. The van der Waals surface area contributed by atoms with Crippen LogP contribution in [0.4, 0.5) is 0 Å². The number of carboxylic acid groups (broad SMARTS) is 1. The molecule has 11 heteroatoms. The third kappa shape index (κ3) is 7.27.